The average Bonchev–Trinajstić information content (AvgIpc) is 3.27. The molecular formula is C15H29NO5S. The van der Waals surface area contributed by atoms with Crippen LogP contribution in [0.4, 0.5) is 0 Å². The smallest absolute Gasteiger partial charge is 0.305 e. The molecule has 0 amide bonds. The van der Waals surface area contributed by atoms with E-state index in [4.69, 9.17) is 9.47 Å². The van der Waals surface area contributed by atoms with Gasteiger partial charge in [0, 0.05) is 13.0 Å². The highest BCUT2D eigenvalue weighted by atomic mass is 32.2. The minimum atomic E-state index is -3.14. The van der Waals surface area contributed by atoms with E-state index in [2.05, 4.69) is 4.72 Å². The maximum absolute atomic E-state index is 11.7. The van der Waals surface area contributed by atoms with Crippen molar-refractivity contribution in [3.05, 3.63) is 0 Å². The Balaban J connectivity index is 1.90. The summed E-state index contributed by atoms with van der Waals surface area (Å²) in [6.45, 7) is 3.53. The third-order valence-electron chi connectivity index (χ3n) is 3.53. The Morgan fingerprint density at radius 2 is 1.91 bits per heavy atom. The number of unbranched alkanes of at least 4 members (excludes halogenated alkanes) is 4. The third-order valence-corrected chi connectivity index (χ3v) is 5.00. The first kappa shape index (κ1) is 19.4. The molecule has 0 aromatic rings. The summed E-state index contributed by atoms with van der Waals surface area (Å²) in [5.41, 5.74) is 0. The number of rotatable bonds is 14. The molecule has 0 saturated carbocycles. The molecule has 0 bridgehead atoms. The molecule has 0 spiro atoms. The van der Waals surface area contributed by atoms with Crippen molar-refractivity contribution >= 4 is 16.0 Å². The van der Waals surface area contributed by atoms with Crippen molar-refractivity contribution in [3.63, 3.8) is 0 Å². The fourth-order valence-electron chi connectivity index (χ4n) is 2.18. The van der Waals surface area contributed by atoms with Crippen LogP contribution in [-0.4, -0.2) is 46.0 Å². The molecule has 7 heteroatoms. The number of epoxide rings is 1. The van der Waals surface area contributed by atoms with Gasteiger partial charge in [0.1, 0.15) is 0 Å². The summed E-state index contributed by atoms with van der Waals surface area (Å²) in [6, 6.07) is 0. The van der Waals surface area contributed by atoms with Crippen molar-refractivity contribution in [1.29, 1.82) is 0 Å². The molecule has 1 unspecified atom stereocenters. The second-order valence-corrected chi connectivity index (χ2v) is 7.56. The lowest BCUT2D eigenvalue weighted by molar-refractivity contribution is -0.143. The van der Waals surface area contributed by atoms with Gasteiger partial charge in [0.05, 0.1) is 25.1 Å². The molecule has 22 heavy (non-hydrogen) atoms. The molecule has 0 aliphatic carbocycles. The zero-order chi connectivity index (χ0) is 16.3. The van der Waals surface area contributed by atoms with E-state index in [0.717, 1.165) is 45.1 Å². The minimum Gasteiger partial charge on any atom is -0.466 e. The number of esters is 1. The first-order chi connectivity index (χ1) is 10.5. The van der Waals surface area contributed by atoms with Crippen LogP contribution in [0.2, 0.25) is 0 Å². The van der Waals surface area contributed by atoms with Crippen LogP contribution in [0.25, 0.3) is 0 Å². The molecule has 1 heterocycles. The fraction of sp³-hybridized carbons (Fsp3) is 0.933. The highest BCUT2D eigenvalue weighted by molar-refractivity contribution is 7.89. The quantitative estimate of drug-likeness (QED) is 0.298. The number of hydrogen-bond donors (Lipinski definition) is 1. The van der Waals surface area contributed by atoms with E-state index in [1.54, 1.807) is 6.92 Å². The number of sulfonamides is 1. The van der Waals surface area contributed by atoms with Crippen LogP contribution in [0.15, 0.2) is 0 Å². The number of nitrogens with one attached hydrogen (secondary N) is 1. The van der Waals surface area contributed by atoms with Gasteiger partial charge in [-0.15, -0.1) is 0 Å². The summed E-state index contributed by atoms with van der Waals surface area (Å²) < 4.78 is 36.0. The first-order valence-corrected chi connectivity index (χ1v) is 9.93. The Morgan fingerprint density at radius 1 is 1.18 bits per heavy atom. The maximum Gasteiger partial charge on any atom is 0.305 e. The van der Waals surface area contributed by atoms with E-state index in [1.807, 2.05) is 0 Å². The lowest BCUT2D eigenvalue weighted by Gasteiger charge is -2.06. The molecule has 6 nitrogen and oxygen atoms in total. The van der Waals surface area contributed by atoms with E-state index in [-0.39, 0.29) is 11.7 Å². The van der Waals surface area contributed by atoms with Crippen molar-refractivity contribution in [3.8, 4) is 0 Å². The van der Waals surface area contributed by atoms with Gasteiger partial charge in [-0.1, -0.05) is 12.8 Å². The zero-order valence-electron chi connectivity index (χ0n) is 13.5. The van der Waals surface area contributed by atoms with E-state index < -0.39 is 10.0 Å². The summed E-state index contributed by atoms with van der Waals surface area (Å²) in [7, 11) is -3.14. The highest BCUT2D eigenvalue weighted by Crippen LogP contribution is 2.16. The van der Waals surface area contributed by atoms with Crippen molar-refractivity contribution in [2.45, 2.75) is 64.4 Å². The summed E-state index contributed by atoms with van der Waals surface area (Å²) in [5, 5.41) is 0. The fourth-order valence-corrected chi connectivity index (χ4v) is 3.36. The third kappa shape index (κ3) is 11.0. The zero-order valence-corrected chi connectivity index (χ0v) is 14.3. The Labute approximate surface area is 134 Å². The van der Waals surface area contributed by atoms with Crippen LogP contribution in [0.3, 0.4) is 0 Å². The number of hydrogen-bond acceptors (Lipinski definition) is 5. The van der Waals surface area contributed by atoms with E-state index >= 15 is 0 Å². The van der Waals surface area contributed by atoms with Crippen molar-refractivity contribution < 1.29 is 22.7 Å². The van der Waals surface area contributed by atoms with Gasteiger partial charge in [0.25, 0.3) is 0 Å². The van der Waals surface area contributed by atoms with Gasteiger partial charge in [0.15, 0.2) is 0 Å². The van der Waals surface area contributed by atoms with Gasteiger partial charge in [0.2, 0.25) is 10.0 Å². The first-order valence-electron chi connectivity index (χ1n) is 8.28. The summed E-state index contributed by atoms with van der Waals surface area (Å²) in [4.78, 5) is 11.1. The predicted octanol–water partition coefficient (Wildman–Crippen LogP) is 1.99. The minimum absolute atomic E-state index is 0.153. The van der Waals surface area contributed by atoms with Gasteiger partial charge < -0.3 is 9.47 Å². The van der Waals surface area contributed by atoms with Crippen molar-refractivity contribution in [2.75, 3.05) is 25.5 Å². The molecule has 130 valence electrons. The number of carbonyl (C=O) groups excluding carboxylic acids is 1. The molecular weight excluding hydrogens is 306 g/mol. The van der Waals surface area contributed by atoms with Crippen LogP contribution < -0.4 is 4.72 Å². The van der Waals surface area contributed by atoms with Crippen LogP contribution >= 0.6 is 0 Å². The molecule has 1 rings (SSSR count). The van der Waals surface area contributed by atoms with Crippen LogP contribution in [-0.2, 0) is 24.3 Å². The van der Waals surface area contributed by atoms with Crippen molar-refractivity contribution in [2.24, 2.45) is 0 Å². The molecule has 1 fully saturated rings. The molecule has 0 radical (unpaired) electrons. The second kappa shape index (κ2) is 11.0. The second-order valence-electron chi connectivity index (χ2n) is 5.63. The van der Waals surface area contributed by atoms with Gasteiger partial charge in [-0.05, 0) is 39.0 Å². The van der Waals surface area contributed by atoms with Gasteiger partial charge in [-0.25, -0.2) is 13.1 Å². The summed E-state index contributed by atoms with van der Waals surface area (Å²) in [5.74, 6) is 0.0440. The number of carbonyl (C=O) groups is 1. The Morgan fingerprint density at radius 3 is 2.59 bits per heavy atom. The molecule has 0 aromatic heterocycles. The monoisotopic (exact) mass is 335 g/mol. The lowest BCUT2D eigenvalue weighted by atomic mass is 10.1. The standard InChI is InChI=1S/C15H29NO5S/c1-2-20-15(17)10-5-3-4-7-11-16-22(18,19)12-8-6-9-14-13-21-14/h14,16H,2-13H2,1H3. The van der Waals surface area contributed by atoms with Crippen molar-refractivity contribution in [1.82, 2.24) is 4.72 Å². The van der Waals surface area contributed by atoms with Crippen LogP contribution in [0.5, 0.6) is 0 Å². The molecule has 1 N–H and O–H groups in total. The molecule has 1 aliphatic heterocycles. The van der Waals surface area contributed by atoms with Gasteiger partial charge in [-0.3, -0.25) is 4.79 Å². The largest absolute Gasteiger partial charge is 0.466 e. The van der Waals surface area contributed by atoms with E-state index in [9.17, 15) is 13.2 Å². The SMILES string of the molecule is CCOC(=O)CCCCCCNS(=O)(=O)CCCCC1CO1. The van der Waals surface area contributed by atoms with Gasteiger partial charge in [-0.2, -0.15) is 0 Å². The molecule has 0 aromatic carbocycles. The normalized spacial score (nSPS) is 17.4. The Kier molecular flexibility index (Phi) is 9.66. The van der Waals surface area contributed by atoms with E-state index in [1.165, 1.54) is 0 Å². The van der Waals surface area contributed by atoms with Crippen LogP contribution in [0, 0.1) is 0 Å². The maximum atomic E-state index is 11.7. The molecule has 1 aliphatic rings. The van der Waals surface area contributed by atoms with Crippen LogP contribution in [0.1, 0.15) is 58.3 Å². The average molecular weight is 335 g/mol. The highest BCUT2D eigenvalue weighted by Gasteiger charge is 2.21. The predicted molar refractivity (Wildman–Crippen MR) is 85.1 cm³/mol. The summed E-state index contributed by atoms with van der Waals surface area (Å²) >= 11 is 0. The number of ether oxygens (including phenoxy) is 2. The molecule has 1 saturated heterocycles. The Bertz CT molecular complexity index is 406. The van der Waals surface area contributed by atoms with E-state index in [0.29, 0.717) is 32.1 Å². The Hall–Kier alpha value is -0.660. The lowest BCUT2D eigenvalue weighted by Crippen LogP contribution is -2.27. The van der Waals surface area contributed by atoms with Gasteiger partial charge >= 0.3 is 5.97 Å². The summed E-state index contributed by atoms with van der Waals surface area (Å²) in [6.07, 6.45) is 6.83. The molecule has 1 atom stereocenters. The topological polar surface area (TPSA) is 85.0 Å².